The van der Waals surface area contributed by atoms with Crippen LogP contribution in [0.25, 0.3) is 0 Å². The van der Waals surface area contributed by atoms with Crippen molar-refractivity contribution in [1.29, 1.82) is 0 Å². The fourth-order valence-corrected chi connectivity index (χ4v) is 8.75. The second kappa shape index (κ2) is 46.8. The predicted octanol–water partition coefficient (Wildman–Crippen LogP) is 16.2. The molecule has 0 saturated heterocycles. The summed E-state index contributed by atoms with van der Waals surface area (Å²) >= 11 is 0. The number of rotatable bonds is 50. The largest absolute Gasteiger partial charge is 0.472 e. The second-order valence-corrected chi connectivity index (χ2v) is 21.4. The fourth-order valence-electron chi connectivity index (χ4n) is 8.02. The van der Waals surface area contributed by atoms with Crippen LogP contribution in [0, 0.1) is 0 Å². The molecule has 0 aromatic carbocycles. The molecule has 0 bridgehead atoms. The van der Waals surface area contributed by atoms with Gasteiger partial charge in [0.15, 0.2) is 0 Å². The van der Waals surface area contributed by atoms with E-state index in [4.69, 9.17) is 9.05 Å². The predicted molar refractivity (Wildman–Crippen MR) is 277 cm³/mol. The lowest BCUT2D eigenvalue weighted by molar-refractivity contribution is -0.870. The van der Waals surface area contributed by atoms with Gasteiger partial charge in [0.25, 0.3) is 0 Å². The van der Waals surface area contributed by atoms with Crippen molar-refractivity contribution < 1.29 is 32.9 Å². The summed E-state index contributed by atoms with van der Waals surface area (Å²) < 4.78 is 23.6. The maximum atomic E-state index is 12.9. The van der Waals surface area contributed by atoms with Gasteiger partial charge in [-0.25, -0.2) is 4.57 Å². The lowest BCUT2D eigenvalue weighted by Crippen LogP contribution is -2.45. The summed E-state index contributed by atoms with van der Waals surface area (Å²) in [7, 11) is 1.55. The van der Waals surface area contributed by atoms with Crippen LogP contribution in [-0.4, -0.2) is 73.4 Å². The first-order chi connectivity index (χ1) is 31.0. The second-order valence-electron chi connectivity index (χ2n) is 19.9. The van der Waals surface area contributed by atoms with E-state index in [-0.39, 0.29) is 19.1 Å². The van der Waals surface area contributed by atoms with Crippen molar-refractivity contribution in [3.8, 4) is 0 Å². The van der Waals surface area contributed by atoms with E-state index in [1.807, 2.05) is 27.2 Å². The van der Waals surface area contributed by atoms with E-state index >= 15 is 0 Å². The molecule has 0 aliphatic rings. The monoisotopic (exact) mass is 924 g/mol. The first kappa shape index (κ1) is 62.7. The van der Waals surface area contributed by atoms with Crippen LogP contribution in [0.2, 0.25) is 0 Å². The summed E-state index contributed by atoms with van der Waals surface area (Å²) in [4.78, 5) is 23.2. The maximum Gasteiger partial charge on any atom is 0.472 e. The van der Waals surface area contributed by atoms with Crippen LogP contribution in [-0.2, 0) is 18.4 Å². The Morgan fingerprint density at radius 2 is 0.859 bits per heavy atom. The number of carbonyl (C=O) groups excluding carboxylic acids is 1. The van der Waals surface area contributed by atoms with Gasteiger partial charge < -0.3 is 19.8 Å². The number of aliphatic hydroxyl groups is 1. The molecule has 0 aromatic rings. The molecule has 9 heteroatoms. The quantitative estimate of drug-likeness (QED) is 0.0243. The van der Waals surface area contributed by atoms with Crippen molar-refractivity contribution >= 4 is 13.7 Å². The van der Waals surface area contributed by atoms with Gasteiger partial charge in [-0.1, -0.05) is 243 Å². The minimum absolute atomic E-state index is 0.0550. The van der Waals surface area contributed by atoms with E-state index in [1.165, 1.54) is 193 Å². The Labute approximate surface area is 397 Å². The standard InChI is InChI=1S/C55H107N2O6P/c1-6-8-10-12-14-16-18-20-22-24-25-26-27-28-29-30-31-33-35-37-39-41-43-45-47-49-55(59)56-53(52-63-64(60,61)62-51-50-57(3,4)5)54(58)48-46-44-42-40-38-36-34-32-23-21-19-17-15-13-11-9-7-2/h23,32,38,40,46,48,53-54,58H,6-22,24-31,33-37,39,41-45,47,49-52H2,1-5H3,(H-,56,59,60,61)/p+1/b32-23+,40-38+,48-46+. The van der Waals surface area contributed by atoms with E-state index < -0.39 is 20.0 Å². The average Bonchev–Trinajstić information content (AvgIpc) is 3.25. The van der Waals surface area contributed by atoms with Crippen molar-refractivity contribution in [3.63, 3.8) is 0 Å². The summed E-state index contributed by atoms with van der Waals surface area (Å²) in [6.07, 6.45) is 59.6. The highest BCUT2D eigenvalue weighted by Gasteiger charge is 2.27. The van der Waals surface area contributed by atoms with Gasteiger partial charge in [-0.2, -0.15) is 0 Å². The van der Waals surface area contributed by atoms with Crippen molar-refractivity contribution in [3.05, 3.63) is 36.5 Å². The molecule has 3 N–H and O–H groups in total. The molecule has 0 heterocycles. The van der Waals surface area contributed by atoms with Crippen LogP contribution in [0.1, 0.15) is 258 Å². The Morgan fingerprint density at radius 1 is 0.516 bits per heavy atom. The van der Waals surface area contributed by atoms with Gasteiger partial charge in [0, 0.05) is 6.42 Å². The van der Waals surface area contributed by atoms with Gasteiger partial charge in [0.05, 0.1) is 39.9 Å². The van der Waals surface area contributed by atoms with Gasteiger partial charge in [-0.05, 0) is 44.9 Å². The number of likely N-dealkylation sites (N-methyl/N-ethyl adjacent to an activating group) is 1. The van der Waals surface area contributed by atoms with Crippen LogP contribution in [0.3, 0.4) is 0 Å². The van der Waals surface area contributed by atoms with Gasteiger partial charge in [0.1, 0.15) is 13.2 Å². The molecule has 1 amide bonds. The highest BCUT2D eigenvalue weighted by molar-refractivity contribution is 7.47. The topological polar surface area (TPSA) is 105 Å². The molecule has 3 atom stereocenters. The fraction of sp³-hybridized carbons (Fsp3) is 0.873. The molecule has 64 heavy (non-hydrogen) atoms. The number of amides is 1. The minimum atomic E-state index is -4.35. The molecule has 0 aromatic heterocycles. The molecular weight excluding hydrogens is 816 g/mol. The normalized spacial score (nSPS) is 14.3. The molecule has 0 rings (SSSR count). The third-order valence-corrected chi connectivity index (χ3v) is 13.3. The Kier molecular flexibility index (Phi) is 45.9. The minimum Gasteiger partial charge on any atom is -0.387 e. The number of hydrogen-bond donors (Lipinski definition) is 3. The number of allylic oxidation sites excluding steroid dienone is 5. The average molecular weight is 924 g/mol. The Morgan fingerprint density at radius 3 is 1.25 bits per heavy atom. The number of phosphoric ester groups is 1. The van der Waals surface area contributed by atoms with E-state index in [0.29, 0.717) is 17.4 Å². The van der Waals surface area contributed by atoms with Crippen LogP contribution < -0.4 is 5.32 Å². The zero-order chi connectivity index (χ0) is 47.1. The number of unbranched alkanes of at least 4 members (excludes halogenated alkanes) is 33. The molecule has 0 aliphatic heterocycles. The molecule has 0 fully saturated rings. The van der Waals surface area contributed by atoms with Gasteiger partial charge >= 0.3 is 7.82 Å². The SMILES string of the molecule is CCCCCCCCC/C=C/CC/C=C/CC/C=C/C(O)C(COP(=O)(O)OCC[N+](C)(C)C)NC(=O)CCCCCCCCCCCCCCCCCCCCCCCCCCC. The highest BCUT2D eigenvalue weighted by atomic mass is 31.2. The zero-order valence-electron chi connectivity index (χ0n) is 43.0. The molecule has 0 radical (unpaired) electrons. The van der Waals surface area contributed by atoms with E-state index in [9.17, 15) is 19.4 Å². The van der Waals surface area contributed by atoms with Crippen LogP contribution in [0.5, 0.6) is 0 Å². The van der Waals surface area contributed by atoms with Crippen LogP contribution >= 0.6 is 7.82 Å². The maximum absolute atomic E-state index is 12.9. The number of nitrogens with one attached hydrogen (secondary N) is 1. The number of phosphoric acid groups is 1. The number of nitrogens with zero attached hydrogens (tertiary/aromatic N) is 1. The number of hydrogen-bond acceptors (Lipinski definition) is 5. The number of aliphatic hydroxyl groups excluding tert-OH is 1. The lowest BCUT2D eigenvalue weighted by atomic mass is 10.0. The molecule has 0 aliphatic carbocycles. The molecule has 0 spiro atoms. The van der Waals surface area contributed by atoms with Crippen molar-refractivity contribution in [2.45, 2.75) is 270 Å². The molecule has 3 unspecified atom stereocenters. The third-order valence-electron chi connectivity index (χ3n) is 12.3. The lowest BCUT2D eigenvalue weighted by Gasteiger charge is -2.25. The van der Waals surface area contributed by atoms with E-state index in [0.717, 1.165) is 44.9 Å². The van der Waals surface area contributed by atoms with Crippen molar-refractivity contribution in [1.82, 2.24) is 5.32 Å². The Bertz CT molecular complexity index is 1140. The zero-order valence-corrected chi connectivity index (χ0v) is 43.9. The summed E-state index contributed by atoms with van der Waals surface area (Å²) in [5.74, 6) is -0.187. The van der Waals surface area contributed by atoms with E-state index in [1.54, 1.807) is 6.08 Å². The number of carbonyl (C=O) groups is 1. The van der Waals surface area contributed by atoms with Gasteiger partial charge in [0.2, 0.25) is 5.91 Å². The third kappa shape index (κ3) is 48.6. The molecular formula is C55H108N2O6P+. The van der Waals surface area contributed by atoms with Crippen LogP contribution in [0.15, 0.2) is 36.5 Å². The smallest absolute Gasteiger partial charge is 0.387 e. The summed E-state index contributed by atoms with van der Waals surface area (Å²) in [6, 6.07) is -0.867. The summed E-state index contributed by atoms with van der Waals surface area (Å²) in [6.45, 7) is 4.81. The van der Waals surface area contributed by atoms with E-state index in [2.05, 4.69) is 43.5 Å². The van der Waals surface area contributed by atoms with Crippen molar-refractivity contribution in [2.75, 3.05) is 40.9 Å². The Balaban J connectivity index is 4.24. The van der Waals surface area contributed by atoms with Gasteiger partial charge in [-0.3, -0.25) is 13.8 Å². The van der Waals surface area contributed by atoms with Crippen LogP contribution in [0.4, 0.5) is 0 Å². The first-order valence-electron chi connectivity index (χ1n) is 27.4. The number of quaternary nitrogens is 1. The summed E-state index contributed by atoms with van der Waals surface area (Å²) in [5, 5.41) is 13.9. The molecule has 8 nitrogen and oxygen atoms in total. The summed E-state index contributed by atoms with van der Waals surface area (Å²) in [5.41, 5.74) is 0. The highest BCUT2D eigenvalue weighted by Crippen LogP contribution is 2.43. The van der Waals surface area contributed by atoms with Crippen molar-refractivity contribution in [2.24, 2.45) is 0 Å². The first-order valence-corrected chi connectivity index (χ1v) is 28.9. The van der Waals surface area contributed by atoms with Gasteiger partial charge in [-0.15, -0.1) is 0 Å². The molecule has 0 saturated carbocycles. The Hall–Kier alpha value is -1.28. The molecule has 378 valence electrons.